The van der Waals surface area contributed by atoms with Crippen molar-refractivity contribution in [2.45, 2.75) is 46.2 Å². The molecule has 1 aromatic heterocycles. The Bertz CT molecular complexity index is 1650. The van der Waals surface area contributed by atoms with Crippen LogP contribution in [0.3, 0.4) is 0 Å². The molecule has 48 heavy (non-hydrogen) atoms. The van der Waals surface area contributed by atoms with E-state index in [4.69, 9.17) is 9.05 Å². The van der Waals surface area contributed by atoms with E-state index in [2.05, 4.69) is 4.74 Å². The van der Waals surface area contributed by atoms with Gasteiger partial charge in [-0.1, -0.05) is 57.3 Å². The summed E-state index contributed by atoms with van der Waals surface area (Å²) < 4.78 is 129. The molecule has 0 atom stereocenters. The van der Waals surface area contributed by atoms with Crippen LogP contribution in [0.5, 0.6) is 5.75 Å². The lowest BCUT2D eigenvalue weighted by Gasteiger charge is -2.27. The SMILES string of the molecule is CC(C)CC(=O)SCCOP(=O)(OCCSC(=O)CC(C)C)C(F)(F)c1ccc2sc(C(=O)Oc3c(F)c(F)c(F)c(F)c3F)cc2c1. The first-order chi connectivity index (χ1) is 22.4. The third-order valence-corrected chi connectivity index (χ3v) is 10.9. The van der Waals surface area contributed by atoms with Gasteiger partial charge in [0.25, 0.3) is 0 Å². The van der Waals surface area contributed by atoms with Gasteiger partial charge in [0.15, 0.2) is 10.2 Å². The minimum atomic E-state index is -5.34. The quantitative estimate of drug-likeness (QED) is 0.0269. The van der Waals surface area contributed by atoms with Crippen LogP contribution >= 0.6 is 42.5 Å². The molecule has 18 heteroatoms. The number of thioether (sulfide) groups is 2. The standard InChI is InChI=1S/C30H30F7O7PS3/c1-15(2)11-21(38)46-9-7-42-45(41,43-8-10-47-22(39)12-16(3)4)30(36,37)18-5-6-19-17(13-18)14-20(48-19)29(40)44-28-26(34)24(32)23(31)25(33)27(28)35/h5-6,13-16H,7-12H2,1-4H3. The van der Waals surface area contributed by atoms with Crippen LogP contribution in [-0.2, 0) is 28.9 Å². The van der Waals surface area contributed by atoms with Crippen molar-refractivity contribution < 1.29 is 63.5 Å². The van der Waals surface area contributed by atoms with E-state index in [1.54, 1.807) is 0 Å². The first-order valence-corrected chi connectivity index (χ1v) is 18.6. The monoisotopic (exact) mass is 762 g/mol. The van der Waals surface area contributed by atoms with Crippen LogP contribution in [0.1, 0.15) is 55.8 Å². The molecule has 0 unspecified atom stereocenters. The van der Waals surface area contributed by atoms with E-state index in [1.807, 2.05) is 27.7 Å². The van der Waals surface area contributed by atoms with Gasteiger partial charge in [-0.3, -0.25) is 14.2 Å². The summed E-state index contributed by atoms with van der Waals surface area (Å²) in [4.78, 5) is 36.1. The van der Waals surface area contributed by atoms with Crippen molar-refractivity contribution in [3.63, 3.8) is 0 Å². The van der Waals surface area contributed by atoms with E-state index in [0.717, 1.165) is 47.8 Å². The van der Waals surface area contributed by atoms with E-state index < -0.39 is 77.7 Å². The lowest BCUT2D eigenvalue weighted by Crippen LogP contribution is -2.20. The molecule has 3 aromatic rings. The zero-order chi connectivity index (χ0) is 36.0. The summed E-state index contributed by atoms with van der Waals surface area (Å²) in [6, 6.07) is 3.81. The van der Waals surface area contributed by atoms with E-state index in [9.17, 15) is 40.9 Å². The normalized spacial score (nSPS) is 12.4. The molecule has 0 bridgehead atoms. The van der Waals surface area contributed by atoms with Gasteiger partial charge in [0.1, 0.15) is 4.88 Å². The molecule has 0 aliphatic heterocycles. The maximum atomic E-state index is 16.0. The largest absolute Gasteiger partial charge is 0.416 e. The van der Waals surface area contributed by atoms with Crippen LogP contribution < -0.4 is 4.74 Å². The number of fused-ring (bicyclic) bond motifs is 1. The number of rotatable bonds is 16. The molecule has 0 amide bonds. The summed E-state index contributed by atoms with van der Waals surface area (Å²) in [6.07, 6.45) is 0.461. The Morgan fingerprint density at radius 1 is 0.792 bits per heavy atom. The van der Waals surface area contributed by atoms with Gasteiger partial charge in [-0.15, -0.1) is 11.3 Å². The fraction of sp³-hybridized carbons (Fsp3) is 0.433. The minimum absolute atomic E-state index is 0.0576. The maximum Gasteiger partial charge on any atom is 0.404 e. The summed E-state index contributed by atoms with van der Waals surface area (Å²) in [7, 11) is -5.34. The predicted molar refractivity (Wildman–Crippen MR) is 170 cm³/mol. The van der Waals surface area contributed by atoms with Crippen LogP contribution in [0.25, 0.3) is 10.1 Å². The second-order valence-electron chi connectivity index (χ2n) is 11.0. The Hall–Kier alpha value is -2.43. The number of alkyl halides is 2. The number of hydrogen-bond donors (Lipinski definition) is 0. The smallest absolute Gasteiger partial charge is 0.404 e. The predicted octanol–water partition coefficient (Wildman–Crippen LogP) is 9.70. The first-order valence-electron chi connectivity index (χ1n) is 14.2. The van der Waals surface area contributed by atoms with Gasteiger partial charge >= 0.3 is 19.2 Å². The Labute approximate surface area is 283 Å². The van der Waals surface area contributed by atoms with Crippen LogP contribution in [-0.4, -0.2) is 40.9 Å². The van der Waals surface area contributed by atoms with Gasteiger partial charge in [0, 0.05) is 34.6 Å². The summed E-state index contributed by atoms with van der Waals surface area (Å²) in [5, 5.41) is -0.486. The topological polar surface area (TPSA) is 96.0 Å². The molecular weight excluding hydrogens is 732 g/mol. The highest BCUT2D eigenvalue weighted by atomic mass is 32.2. The summed E-state index contributed by atoms with van der Waals surface area (Å²) in [5.41, 5.74) is -5.17. The van der Waals surface area contributed by atoms with E-state index in [0.29, 0.717) is 11.3 Å². The summed E-state index contributed by atoms with van der Waals surface area (Å²) in [5.74, 6) is -15.4. The average molecular weight is 763 g/mol. The van der Waals surface area contributed by atoms with Gasteiger partial charge < -0.3 is 13.8 Å². The van der Waals surface area contributed by atoms with Gasteiger partial charge in [-0.25, -0.2) is 18.0 Å². The summed E-state index contributed by atoms with van der Waals surface area (Å²) in [6.45, 7) is 6.21. The molecule has 3 rings (SSSR count). The number of thiophene rings is 1. The molecule has 0 aliphatic rings. The Morgan fingerprint density at radius 3 is 1.75 bits per heavy atom. The number of benzene rings is 2. The lowest BCUT2D eigenvalue weighted by molar-refractivity contribution is -0.112. The Morgan fingerprint density at radius 2 is 1.27 bits per heavy atom. The van der Waals surface area contributed by atoms with E-state index in [-0.39, 0.29) is 56.5 Å². The molecule has 2 aromatic carbocycles. The molecule has 264 valence electrons. The van der Waals surface area contributed by atoms with Crippen molar-refractivity contribution in [1.29, 1.82) is 0 Å². The van der Waals surface area contributed by atoms with Crippen LogP contribution in [0.4, 0.5) is 30.7 Å². The van der Waals surface area contributed by atoms with Crippen LogP contribution in [0.15, 0.2) is 24.3 Å². The zero-order valence-electron chi connectivity index (χ0n) is 25.9. The second kappa shape index (κ2) is 17.0. The molecule has 0 fully saturated rings. The number of hydrogen-bond acceptors (Lipinski definition) is 10. The number of esters is 1. The molecule has 1 heterocycles. The van der Waals surface area contributed by atoms with Crippen LogP contribution in [0, 0.1) is 40.9 Å². The molecular formula is C30H30F7O7PS3. The first kappa shape index (κ1) is 40.0. The van der Waals surface area contributed by atoms with Gasteiger partial charge in [-0.2, -0.15) is 17.6 Å². The lowest BCUT2D eigenvalue weighted by atomic mass is 10.1. The zero-order valence-corrected chi connectivity index (χ0v) is 29.2. The third-order valence-electron chi connectivity index (χ3n) is 6.14. The maximum absolute atomic E-state index is 16.0. The summed E-state index contributed by atoms with van der Waals surface area (Å²) >= 11 is 2.23. The fourth-order valence-corrected chi connectivity index (χ4v) is 8.29. The number of carbonyl (C=O) groups is 3. The Kier molecular flexibility index (Phi) is 14.2. The fourth-order valence-electron chi connectivity index (χ4n) is 3.92. The molecule has 0 N–H and O–H groups in total. The van der Waals surface area contributed by atoms with Crippen molar-refractivity contribution in [3.8, 4) is 5.75 Å². The number of carbonyl (C=O) groups excluding carboxylic acids is 3. The van der Waals surface area contributed by atoms with Crippen molar-refractivity contribution in [2.75, 3.05) is 24.7 Å². The third kappa shape index (κ3) is 9.84. The van der Waals surface area contributed by atoms with Crippen molar-refractivity contribution >= 4 is 68.7 Å². The second-order valence-corrected chi connectivity index (χ2v) is 16.5. The Balaban J connectivity index is 1.85. The van der Waals surface area contributed by atoms with Gasteiger partial charge in [0.05, 0.1) is 13.2 Å². The number of ether oxygens (including phenoxy) is 1. The highest BCUT2D eigenvalue weighted by Gasteiger charge is 2.55. The molecule has 0 saturated carbocycles. The van der Waals surface area contributed by atoms with E-state index >= 15 is 8.78 Å². The van der Waals surface area contributed by atoms with Crippen molar-refractivity contribution in [2.24, 2.45) is 11.8 Å². The number of halogens is 7. The van der Waals surface area contributed by atoms with Crippen molar-refractivity contribution in [1.82, 2.24) is 0 Å². The average Bonchev–Trinajstić information content (AvgIpc) is 3.45. The van der Waals surface area contributed by atoms with Gasteiger partial charge in [-0.05, 0) is 35.4 Å². The molecule has 0 saturated heterocycles. The van der Waals surface area contributed by atoms with Gasteiger partial charge in [0.2, 0.25) is 34.8 Å². The minimum Gasteiger partial charge on any atom is -0.416 e. The van der Waals surface area contributed by atoms with Crippen molar-refractivity contribution in [3.05, 3.63) is 63.8 Å². The molecule has 0 aliphatic carbocycles. The van der Waals surface area contributed by atoms with E-state index in [1.165, 1.54) is 0 Å². The highest BCUT2D eigenvalue weighted by molar-refractivity contribution is 8.13. The highest BCUT2D eigenvalue weighted by Crippen LogP contribution is 2.67. The molecule has 7 nitrogen and oxygen atoms in total. The molecule has 0 spiro atoms. The molecule has 0 radical (unpaired) electrons. The van der Waals surface area contributed by atoms with Crippen LogP contribution in [0.2, 0.25) is 0 Å².